The highest BCUT2D eigenvalue weighted by Crippen LogP contribution is 2.26. The summed E-state index contributed by atoms with van der Waals surface area (Å²) in [7, 11) is 0. The zero-order valence-corrected chi connectivity index (χ0v) is 15.7. The molecule has 2 heterocycles. The van der Waals surface area contributed by atoms with Gasteiger partial charge in [0.05, 0.1) is 10.6 Å². The average Bonchev–Trinajstić information content (AvgIpc) is 2.68. The molecule has 4 rings (SSSR count). The summed E-state index contributed by atoms with van der Waals surface area (Å²) >= 11 is 6.15. The summed E-state index contributed by atoms with van der Waals surface area (Å²) < 4.78 is 19.2. The van der Waals surface area contributed by atoms with Crippen molar-refractivity contribution in [3.05, 3.63) is 64.4 Å². The van der Waals surface area contributed by atoms with E-state index in [1.165, 1.54) is 6.07 Å². The minimum absolute atomic E-state index is 0.00977. The van der Waals surface area contributed by atoms with E-state index >= 15 is 0 Å². The number of hydrogen-bond donors (Lipinski definition) is 1. The molecule has 2 aromatic rings. The van der Waals surface area contributed by atoms with Crippen molar-refractivity contribution in [1.29, 1.82) is 0 Å². The summed E-state index contributed by atoms with van der Waals surface area (Å²) in [5.41, 5.74) is 1.47. The molecule has 0 aliphatic carbocycles. The van der Waals surface area contributed by atoms with Crippen LogP contribution in [-0.4, -0.2) is 42.6 Å². The molecule has 0 bridgehead atoms. The maximum Gasteiger partial charge on any atom is 0.255 e. The molecule has 2 aliphatic heterocycles. The molecule has 1 N–H and O–H groups in total. The molecule has 1 amide bonds. The molecule has 2 aromatic carbocycles. The van der Waals surface area contributed by atoms with E-state index in [4.69, 9.17) is 16.3 Å². The molecule has 2 aliphatic rings. The minimum Gasteiger partial charge on any atom is -0.492 e. The van der Waals surface area contributed by atoms with Crippen molar-refractivity contribution in [3.8, 4) is 5.75 Å². The topological polar surface area (TPSA) is 41.6 Å². The second-order valence-electron chi connectivity index (χ2n) is 7.18. The van der Waals surface area contributed by atoms with Gasteiger partial charge in [-0.05, 0) is 55.2 Å². The van der Waals surface area contributed by atoms with Gasteiger partial charge in [-0.3, -0.25) is 4.79 Å². The lowest BCUT2D eigenvalue weighted by molar-refractivity contribution is 0.0697. The lowest BCUT2D eigenvalue weighted by atomic mass is 9.98. The molecule has 0 saturated carbocycles. The van der Waals surface area contributed by atoms with Crippen LogP contribution in [0.3, 0.4) is 0 Å². The quantitative estimate of drug-likeness (QED) is 0.872. The van der Waals surface area contributed by atoms with Crippen molar-refractivity contribution in [2.45, 2.75) is 31.3 Å². The van der Waals surface area contributed by atoms with E-state index in [-0.39, 0.29) is 17.8 Å². The number of nitrogens with zero attached hydrogens (tertiary/aromatic N) is 1. The van der Waals surface area contributed by atoms with E-state index in [2.05, 4.69) is 5.32 Å². The first-order valence-corrected chi connectivity index (χ1v) is 9.69. The first kappa shape index (κ1) is 18.3. The van der Waals surface area contributed by atoms with Gasteiger partial charge >= 0.3 is 0 Å². The summed E-state index contributed by atoms with van der Waals surface area (Å²) in [6.07, 6.45) is 2.51. The molecule has 6 heteroatoms. The third-order valence-electron chi connectivity index (χ3n) is 5.29. The third-order valence-corrected chi connectivity index (χ3v) is 5.62. The fourth-order valence-electron chi connectivity index (χ4n) is 3.86. The van der Waals surface area contributed by atoms with E-state index in [1.807, 2.05) is 17.0 Å². The fraction of sp³-hybridized carbons (Fsp3) is 0.381. The number of likely N-dealkylation sites (tertiary alicyclic amines) is 1. The average molecular weight is 389 g/mol. The van der Waals surface area contributed by atoms with Crippen LogP contribution in [0, 0.1) is 5.82 Å². The molecular formula is C21H22ClFN2O2. The Morgan fingerprint density at radius 3 is 2.70 bits per heavy atom. The van der Waals surface area contributed by atoms with E-state index < -0.39 is 0 Å². The Kier molecular flexibility index (Phi) is 5.32. The number of fused-ring (bicyclic) bond motifs is 1. The third kappa shape index (κ3) is 4.09. The Balaban J connectivity index is 1.31. The first-order valence-electron chi connectivity index (χ1n) is 9.31. The number of nitrogens with one attached hydrogen (secondary N) is 1. The maximum absolute atomic E-state index is 13.4. The van der Waals surface area contributed by atoms with Crippen molar-refractivity contribution < 1.29 is 13.9 Å². The van der Waals surface area contributed by atoms with Crippen LogP contribution in [0.25, 0.3) is 0 Å². The predicted octanol–water partition coefficient (Wildman–Crippen LogP) is 3.68. The number of ether oxygens (including phenoxy) is 1. The number of carbonyl (C=O) groups is 1. The van der Waals surface area contributed by atoms with Crippen LogP contribution >= 0.6 is 11.6 Å². The summed E-state index contributed by atoms with van der Waals surface area (Å²) in [4.78, 5) is 14.5. The molecule has 142 valence electrons. The van der Waals surface area contributed by atoms with Crippen LogP contribution in [-0.2, 0) is 6.42 Å². The molecule has 27 heavy (non-hydrogen) atoms. The highest BCUT2D eigenvalue weighted by atomic mass is 35.5. The van der Waals surface area contributed by atoms with Gasteiger partial charge in [-0.2, -0.15) is 0 Å². The number of amides is 1. The van der Waals surface area contributed by atoms with Crippen LogP contribution in [0.15, 0.2) is 42.5 Å². The van der Waals surface area contributed by atoms with E-state index in [0.29, 0.717) is 36.3 Å². The van der Waals surface area contributed by atoms with Crippen LogP contribution in [0.2, 0.25) is 5.02 Å². The van der Waals surface area contributed by atoms with Gasteiger partial charge in [0.25, 0.3) is 5.91 Å². The Hall–Kier alpha value is -2.11. The molecule has 1 atom stereocenters. The molecular weight excluding hydrogens is 367 g/mol. The monoisotopic (exact) mass is 388 g/mol. The zero-order chi connectivity index (χ0) is 18.8. The Labute approximate surface area is 163 Å². The van der Waals surface area contributed by atoms with Gasteiger partial charge in [0.15, 0.2) is 0 Å². The molecule has 1 unspecified atom stereocenters. The molecule has 0 spiro atoms. The standard InChI is InChI=1S/C21H22ClFN2O2/c22-19-4-2-1-3-18(19)21(26)25-9-7-16(8-10-25)24-17-12-14-11-15(23)5-6-20(14)27-13-17/h1-6,11,16-17,24H,7-10,12-13H2. The van der Waals surface area contributed by atoms with Crippen LogP contribution in [0.1, 0.15) is 28.8 Å². The number of piperidine rings is 1. The van der Waals surface area contributed by atoms with Crippen molar-refractivity contribution >= 4 is 17.5 Å². The smallest absolute Gasteiger partial charge is 0.255 e. The molecule has 4 nitrogen and oxygen atoms in total. The van der Waals surface area contributed by atoms with Gasteiger partial charge < -0.3 is 15.0 Å². The summed E-state index contributed by atoms with van der Waals surface area (Å²) in [5, 5.41) is 4.11. The molecule has 0 radical (unpaired) electrons. The number of rotatable bonds is 3. The lowest BCUT2D eigenvalue weighted by Gasteiger charge is -2.36. The maximum atomic E-state index is 13.4. The summed E-state index contributed by atoms with van der Waals surface area (Å²) in [6, 6.07) is 12.3. The molecule has 1 saturated heterocycles. The van der Waals surface area contributed by atoms with Gasteiger partial charge in [0, 0.05) is 25.2 Å². The normalized spacial score (nSPS) is 20.1. The number of hydrogen-bond acceptors (Lipinski definition) is 3. The minimum atomic E-state index is -0.232. The fourth-order valence-corrected chi connectivity index (χ4v) is 4.07. The molecule has 1 fully saturated rings. The second kappa shape index (κ2) is 7.87. The van der Waals surface area contributed by atoms with Crippen LogP contribution < -0.4 is 10.1 Å². The van der Waals surface area contributed by atoms with E-state index in [9.17, 15) is 9.18 Å². The predicted molar refractivity (Wildman–Crippen MR) is 103 cm³/mol. The molecule has 0 aromatic heterocycles. The van der Waals surface area contributed by atoms with Gasteiger partial charge in [0.2, 0.25) is 0 Å². The Morgan fingerprint density at radius 1 is 1.15 bits per heavy atom. The van der Waals surface area contributed by atoms with Gasteiger partial charge in [-0.25, -0.2) is 4.39 Å². The van der Waals surface area contributed by atoms with Crippen LogP contribution in [0.4, 0.5) is 4.39 Å². The zero-order valence-electron chi connectivity index (χ0n) is 15.0. The summed E-state index contributed by atoms with van der Waals surface area (Å²) in [6.45, 7) is 1.97. The number of halogens is 2. The first-order chi connectivity index (χ1) is 13.1. The SMILES string of the molecule is O=C(c1ccccc1Cl)N1CCC(NC2COc3ccc(F)cc3C2)CC1. The lowest BCUT2D eigenvalue weighted by Crippen LogP contribution is -2.50. The van der Waals surface area contributed by atoms with E-state index in [0.717, 1.165) is 30.6 Å². The van der Waals surface area contributed by atoms with Gasteiger partial charge in [0.1, 0.15) is 18.2 Å². The highest BCUT2D eigenvalue weighted by molar-refractivity contribution is 6.33. The Bertz CT molecular complexity index is 837. The number of benzene rings is 2. The van der Waals surface area contributed by atoms with Crippen molar-refractivity contribution in [2.75, 3.05) is 19.7 Å². The van der Waals surface area contributed by atoms with Crippen molar-refractivity contribution in [2.24, 2.45) is 0 Å². The van der Waals surface area contributed by atoms with Gasteiger partial charge in [-0.1, -0.05) is 23.7 Å². The van der Waals surface area contributed by atoms with Gasteiger partial charge in [-0.15, -0.1) is 0 Å². The highest BCUT2D eigenvalue weighted by Gasteiger charge is 2.28. The number of carbonyl (C=O) groups excluding carboxylic acids is 1. The van der Waals surface area contributed by atoms with Crippen LogP contribution in [0.5, 0.6) is 5.75 Å². The second-order valence-corrected chi connectivity index (χ2v) is 7.58. The van der Waals surface area contributed by atoms with Crippen molar-refractivity contribution in [3.63, 3.8) is 0 Å². The Morgan fingerprint density at radius 2 is 1.93 bits per heavy atom. The largest absolute Gasteiger partial charge is 0.492 e. The van der Waals surface area contributed by atoms with Crippen molar-refractivity contribution in [1.82, 2.24) is 10.2 Å². The van der Waals surface area contributed by atoms with E-state index in [1.54, 1.807) is 24.3 Å². The summed E-state index contributed by atoms with van der Waals surface area (Å²) in [5.74, 6) is 0.531.